The molecule has 0 saturated carbocycles. The summed E-state index contributed by atoms with van der Waals surface area (Å²) >= 11 is 7.61. The van der Waals surface area contributed by atoms with Crippen molar-refractivity contribution in [2.24, 2.45) is 0 Å². The Hall–Kier alpha value is -0.830. The Labute approximate surface area is 118 Å². The first-order valence-corrected chi connectivity index (χ1v) is 7.40. The molecule has 0 amide bonds. The molecular weight excluding hydrogens is 262 g/mol. The molecule has 0 aliphatic heterocycles. The smallest absolute Gasteiger partial charge is 0.0931 e. The van der Waals surface area contributed by atoms with Gasteiger partial charge in [-0.15, -0.1) is 11.3 Å². The third kappa shape index (κ3) is 3.84. The summed E-state index contributed by atoms with van der Waals surface area (Å²) in [5.74, 6) is 0. The molecule has 1 nitrogen and oxygen atoms in total. The highest BCUT2D eigenvalue weighted by Gasteiger charge is 2.11. The van der Waals surface area contributed by atoms with Gasteiger partial charge in [0.15, 0.2) is 0 Å². The van der Waals surface area contributed by atoms with Crippen LogP contribution in [0.5, 0.6) is 0 Å². The lowest BCUT2D eigenvalue weighted by Gasteiger charge is -2.19. The van der Waals surface area contributed by atoms with Crippen molar-refractivity contribution in [1.29, 1.82) is 0 Å². The van der Waals surface area contributed by atoms with Gasteiger partial charge in [0.25, 0.3) is 0 Å². The molecule has 0 saturated heterocycles. The monoisotopic (exact) mass is 279 g/mol. The molecule has 96 valence electrons. The van der Waals surface area contributed by atoms with E-state index < -0.39 is 0 Å². The van der Waals surface area contributed by atoms with Crippen LogP contribution in [0.25, 0.3) is 0 Å². The molecule has 2 aromatic rings. The standard InChI is InChI=1S/C15H18ClNS/c1-11(10-13-6-4-3-5-7-13)17-12(2)14-8-9-15(16)18-14/h3-9,11-12,17H,10H2,1-2H3. The fourth-order valence-corrected chi connectivity index (χ4v) is 3.17. The van der Waals surface area contributed by atoms with Crippen molar-refractivity contribution >= 4 is 22.9 Å². The largest absolute Gasteiger partial charge is 0.307 e. The van der Waals surface area contributed by atoms with Gasteiger partial charge in [-0.05, 0) is 38.0 Å². The highest BCUT2D eigenvalue weighted by molar-refractivity contribution is 7.16. The van der Waals surface area contributed by atoms with Gasteiger partial charge in [0.1, 0.15) is 0 Å². The van der Waals surface area contributed by atoms with E-state index in [4.69, 9.17) is 11.6 Å². The van der Waals surface area contributed by atoms with E-state index in [-0.39, 0.29) is 0 Å². The third-order valence-corrected chi connectivity index (χ3v) is 4.35. The van der Waals surface area contributed by atoms with E-state index in [9.17, 15) is 0 Å². The number of halogens is 1. The van der Waals surface area contributed by atoms with Crippen LogP contribution in [0, 0.1) is 0 Å². The SMILES string of the molecule is CC(Cc1ccccc1)NC(C)c1ccc(Cl)s1. The highest BCUT2D eigenvalue weighted by Crippen LogP contribution is 2.27. The summed E-state index contributed by atoms with van der Waals surface area (Å²) in [5, 5.41) is 3.61. The van der Waals surface area contributed by atoms with Gasteiger partial charge in [0, 0.05) is 17.0 Å². The minimum absolute atomic E-state index is 0.348. The number of hydrogen-bond acceptors (Lipinski definition) is 2. The van der Waals surface area contributed by atoms with Crippen molar-refractivity contribution < 1.29 is 0 Å². The lowest BCUT2D eigenvalue weighted by atomic mass is 10.1. The first kappa shape index (κ1) is 13.6. The second kappa shape index (κ2) is 6.37. The first-order valence-electron chi connectivity index (χ1n) is 6.20. The second-order valence-corrected chi connectivity index (χ2v) is 6.37. The Morgan fingerprint density at radius 2 is 1.83 bits per heavy atom. The van der Waals surface area contributed by atoms with Crippen LogP contribution in [0.3, 0.4) is 0 Å². The van der Waals surface area contributed by atoms with Gasteiger partial charge in [-0.3, -0.25) is 0 Å². The van der Waals surface area contributed by atoms with E-state index in [2.05, 4.69) is 55.6 Å². The van der Waals surface area contributed by atoms with E-state index in [1.54, 1.807) is 11.3 Å². The van der Waals surface area contributed by atoms with E-state index in [1.807, 2.05) is 6.07 Å². The predicted molar refractivity (Wildman–Crippen MR) is 80.5 cm³/mol. The highest BCUT2D eigenvalue weighted by atomic mass is 35.5. The second-order valence-electron chi connectivity index (χ2n) is 4.62. The van der Waals surface area contributed by atoms with Crippen LogP contribution >= 0.6 is 22.9 Å². The van der Waals surface area contributed by atoms with Crippen LogP contribution in [0.1, 0.15) is 30.3 Å². The normalized spacial score (nSPS) is 14.4. The maximum Gasteiger partial charge on any atom is 0.0931 e. The fraction of sp³-hybridized carbons (Fsp3) is 0.333. The summed E-state index contributed by atoms with van der Waals surface area (Å²) in [6.45, 7) is 4.41. The van der Waals surface area contributed by atoms with E-state index in [0.29, 0.717) is 12.1 Å². The van der Waals surface area contributed by atoms with E-state index in [0.717, 1.165) is 10.8 Å². The van der Waals surface area contributed by atoms with Crippen molar-refractivity contribution in [2.75, 3.05) is 0 Å². The van der Waals surface area contributed by atoms with Crippen molar-refractivity contribution in [1.82, 2.24) is 5.32 Å². The molecule has 3 heteroatoms. The molecule has 0 aliphatic rings. The molecule has 0 radical (unpaired) electrons. The Balaban J connectivity index is 1.89. The zero-order valence-electron chi connectivity index (χ0n) is 10.7. The van der Waals surface area contributed by atoms with E-state index >= 15 is 0 Å². The molecule has 1 heterocycles. The predicted octanol–water partition coefficient (Wildman–Crippen LogP) is 4.68. The minimum Gasteiger partial charge on any atom is -0.307 e. The Kier molecular flexibility index (Phi) is 4.81. The molecule has 0 spiro atoms. The van der Waals surface area contributed by atoms with Gasteiger partial charge < -0.3 is 5.32 Å². The Morgan fingerprint density at radius 1 is 1.11 bits per heavy atom. The number of benzene rings is 1. The van der Waals surface area contributed by atoms with Crippen LogP contribution in [-0.4, -0.2) is 6.04 Å². The third-order valence-electron chi connectivity index (χ3n) is 2.94. The zero-order valence-corrected chi connectivity index (χ0v) is 12.3. The first-order chi connectivity index (χ1) is 8.65. The summed E-state index contributed by atoms with van der Waals surface area (Å²) < 4.78 is 0.856. The number of thiophene rings is 1. The Bertz CT molecular complexity index is 480. The van der Waals surface area contributed by atoms with Crippen molar-refractivity contribution in [2.45, 2.75) is 32.4 Å². The molecule has 2 atom stereocenters. The molecule has 2 rings (SSSR count). The van der Waals surface area contributed by atoms with Crippen LogP contribution in [0.15, 0.2) is 42.5 Å². The number of rotatable bonds is 5. The van der Waals surface area contributed by atoms with Crippen LogP contribution in [0.2, 0.25) is 4.34 Å². The molecule has 0 bridgehead atoms. The summed E-state index contributed by atoms with van der Waals surface area (Å²) in [7, 11) is 0. The van der Waals surface area contributed by atoms with Gasteiger partial charge in [-0.1, -0.05) is 41.9 Å². The molecule has 0 aliphatic carbocycles. The van der Waals surface area contributed by atoms with Crippen LogP contribution in [0.4, 0.5) is 0 Å². The number of hydrogen-bond donors (Lipinski definition) is 1. The number of nitrogens with one attached hydrogen (secondary N) is 1. The summed E-state index contributed by atoms with van der Waals surface area (Å²) in [5.41, 5.74) is 1.37. The van der Waals surface area contributed by atoms with E-state index in [1.165, 1.54) is 10.4 Å². The molecule has 1 N–H and O–H groups in total. The van der Waals surface area contributed by atoms with Crippen LogP contribution < -0.4 is 5.32 Å². The lowest BCUT2D eigenvalue weighted by molar-refractivity contribution is 0.482. The van der Waals surface area contributed by atoms with Gasteiger partial charge in [0.05, 0.1) is 4.34 Å². The minimum atomic E-state index is 0.348. The maximum atomic E-state index is 5.96. The molecular formula is C15H18ClNS. The average Bonchev–Trinajstić information content (AvgIpc) is 2.77. The van der Waals surface area contributed by atoms with Gasteiger partial charge in [0.2, 0.25) is 0 Å². The van der Waals surface area contributed by atoms with Gasteiger partial charge in [-0.2, -0.15) is 0 Å². The van der Waals surface area contributed by atoms with Crippen molar-refractivity contribution in [3.63, 3.8) is 0 Å². The summed E-state index contributed by atoms with van der Waals surface area (Å²) in [4.78, 5) is 1.29. The molecule has 1 aromatic carbocycles. The Morgan fingerprint density at radius 3 is 2.44 bits per heavy atom. The van der Waals surface area contributed by atoms with Gasteiger partial charge >= 0.3 is 0 Å². The zero-order chi connectivity index (χ0) is 13.0. The average molecular weight is 280 g/mol. The van der Waals surface area contributed by atoms with Crippen molar-refractivity contribution in [3.05, 3.63) is 57.2 Å². The molecule has 0 fully saturated rings. The lowest BCUT2D eigenvalue weighted by Crippen LogP contribution is -2.30. The molecule has 1 aromatic heterocycles. The van der Waals surface area contributed by atoms with Gasteiger partial charge in [-0.25, -0.2) is 0 Å². The van der Waals surface area contributed by atoms with Crippen molar-refractivity contribution in [3.8, 4) is 0 Å². The quantitative estimate of drug-likeness (QED) is 0.838. The maximum absolute atomic E-state index is 5.96. The molecule has 18 heavy (non-hydrogen) atoms. The molecule has 2 unspecified atom stereocenters. The summed E-state index contributed by atoms with van der Waals surface area (Å²) in [6.07, 6.45) is 1.05. The summed E-state index contributed by atoms with van der Waals surface area (Å²) in [6, 6.07) is 15.4. The topological polar surface area (TPSA) is 12.0 Å². The fourth-order valence-electron chi connectivity index (χ4n) is 2.10. The van der Waals surface area contributed by atoms with Crippen LogP contribution in [-0.2, 0) is 6.42 Å².